The van der Waals surface area contributed by atoms with Gasteiger partial charge >= 0.3 is 0 Å². The molecule has 4 aromatic heterocycles. The molecule has 0 saturated heterocycles. The first-order valence-corrected chi connectivity index (χ1v) is 11.7. The van der Waals surface area contributed by atoms with E-state index in [1.165, 1.54) is 17.5 Å². The summed E-state index contributed by atoms with van der Waals surface area (Å²) in [5, 5.41) is 9.08. The van der Waals surface area contributed by atoms with Gasteiger partial charge in [0.25, 0.3) is 0 Å². The van der Waals surface area contributed by atoms with E-state index in [4.69, 9.17) is 5.11 Å². The third-order valence-corrected chi connectivity index (χ3v) is 6.20. The van der Waals surface area contributed by atoms with Crippen molar-refractivity contribution in [2.75, 3.05) is 0 Å². The van der Waals surface area contributed by atoms with Crippen LogP contribution in [0.25, 0.3) is 0 Å². The SMILES string of the molecule is Cc1ncnc(C)c1C.Cc1ncnc(C)c1C.Cc1ncnc(C)c1O.Cc1ncnc(C)c1S. The Labute approximate surface area is 219 Å². The van der Waals surface area contributed by atoms with E-state index in [1.54, 1.807) is 32.8 Å². The van der Waals surface area contributed by atoms with E-state index in [1.807, 2.05) is 55.4 Å². The zero-order chi connectivity index (χ0) is 27.4. The van der Waals surface area contributed by atoms with Crippen LogP contribution in [0.2, 0.25) is 0 Å². The van der Waals surface area contributed by atoms with Gasteiger partial charge in [0.2, 0.25) is 0 Å². The van der Waals surface area contributed by atoms with Crippen molar-refractivity contribution in [2.45, 2.75) is 74.1 Å². The van der Waals surface area contributed by atoms with Crippen LogP contribution in [-0.4, -0.2) is 45.0 Å². The number of nitrogens with zero attached hydrogens (tertiary/aromatic N) is 8. The molecule has 0 aliphatic heterocycles. The highest BCUT2D eigenvalue weighted by Gasteiger charge is 1.99. The number of thiol groups is 1. The van der Waals surface area contributed by atoms with E-state index in [9.17, 15) is 0 Å². The molecule has 0 saturated carbocycles. The lowest BCUT2D eigenvalue weighted by Gasteiger charge is -1.98. The predicted molar refractivity (Wildman–Crippen MR) is 144 cm³/mol. The monoisotopic (exact) mass is 508 g/mol. The summed E-state index contributed by atoms with van der Waals surface area (Å²) >= 11 is 4.19. The minimum atomic E-state index is 0.192. The minimum Gasteiger partial charge on any atom is -0.504 e. The maximum absolute atomic E-state index is 9.08. The van der Waals surface area contributed by atoms with Gasteiger partial charge in [0.15, 0.2) is 5.75 Å². The van der Waals surface area contributed by atoms with Gasteiger partial charge in [0.05, 0.1) is 22.8 Å². The molecule has 0 bridgehead atoms. The summed E-state index contributed by atoms with van der Waals surface area (Å²) in [6.07, 6.45) is 6.17. The van der Waals surface area contributed by atoms with Crippen LogP contribution in [0.3, 0.4) is 0 Å². The summed E-state index contributed by atoms with van der Waals surface area (Å²) in [5.74, 6) is 0.192. The minimum absolute atomic E-state index is 0.192. The highest BCUT2D eigenvalue weighted by atomic mass is 32.1. The summed E-state index contributed by atoms with van der Waals surface area (Å²) in [6, 6.07) is 0. The number of aromatic nitrogens is 8. The fourth-order valence-corrected chi connectivity index (χ4v) is 2.60. The Morgan fingerprint density at radius 1 is 0.417 bits per heavy atom. The number of hydrogen-bond acceptors (Lipinski definition) is 10. The van der Waals surface area contributed by atoms with Crippen molar-refractivity contribution in [3.8, 4) is 5.75 Å². The average molecular weight is 509 g/mol. The largest absolute Gasteiger partial charge is 0.504 e. The maximum Gasteiger partial charge on any atom is 0.158 e. The van der Waals surface area contributed by atoms with E-state index in [0.29, 0.717) is 11.4 Å². The highest BCUT2D eigenvalue weighted by molar-refractivity contribution is 7.80. The molecule has 0 aromatic carbocycles. The molecular formula is C26H36N8OS. The van der Waals surface area contributed by atoms with Crippen LogP contribution >= 0.6 is 12.6 Å². The van der Waals surface area contributed by atoms with Gasteiger partial charge in [-0.15, -0.1) is 12.6 Å². The van der Waals surface area contributed by atoms with E-state index >= 15 is 0 Å². The molecule has 0 radical (unpaired) electrons. The second-order valence-electron chi connectivity index (χ2n) is 8.13. The van der Waals surface area contributed by atoms with Crippen LogP contribution < -0.4 is 0 Å². The number of rotatable bonds is 0. The van der Waals surface area contributed by atoms with Gasteiger partial charge in [-0.1, -0.05) is 0 Å². The van der Waals surface area contributed by atoms with Crippen LogP contribution in [0.1, 0.15) is 56.7 Å². The summed E-state index contributed by atoms with van der Waals surface area (Å²) < 4.78 is 0. The smallest absolute Gasteiger partial charge is 0.158 e. The fraction of sp³-hybridized carbons (Fsp3) is 0.385. The third-order valence-electron chi connectivity index (χ3n) is 5.55. The third kappa shape index (κ3) is 9.61. The van der Waals surface area contributed by atoms with Crippen LogP contribution in [0, 0.1) is 69.2 Å². The second kappa shape index (κ2) is 14.8. The summed E-state index contributed by atoms with van der Waals surface area (Å²) in [6.45, 7) is 19.3. The predicted octanol–water partition coefficient (Wildman–Crippen LogP) is 4.98. The Morgan fingerprint density at radius 3 is 0.833 bits per heavy atom. The van der Waals surface area contributed by atoms with Crippen molar-refractivity contribution in [3.05, 3.63) is 82.0 Å². The standard InChI is InChI=1S/2C7H10N2.C6H8N2O.C6H8N2S/c2*1-5-6(2)8-4-9-7(5)3;2*1-4-6(9)5(2)8-3-7-4/h2*4H,1-3H3;2*3,9H,1-2H3. The molecule has 0 atom stereocenters. The normalized spacial score (nSPS) is 9.64. The quantitative estimate of drug-likeness (QED) is 0.316. The fourth-order valence-electron chi connectivity index (χ4n) is 2.49. The average Bonchev–Trinajstić information content (AvgIpc) is 2.84. The van der Waals surface area contributed by atoms with E-state index in [-0.39, 0.29) is 5.75 Å². The molecule has 4 rings (SSSR count). The van der Waals surface area contributed by atoms with Gasteiger partial charge in [-0.25, -0.2) is 39.9 Å². The molecule has 4 aromatic rings. The topological polar surface area (TPSA) is 123 Å². The molecule has 4 heterocycles. The Morgan fingerprint density at radius 2 is 0.639 bits per heavy atom. The molecular weight excluding hydrogens is 472 g/mol. The van der Waals surface area contributed by atoms with Crippen molar-refractivity contribution in [1.82, 2.24) is 39.9 Å². The molecule has 9 nitrogen and oxygen atoms in total. The molecule has 36 heavy (non-hydrogen) atoms. The molecule has 0 unspecified atom stereocenters. The van der Waals surface area contributed by atoms with Crippen molar-refractivity contribution in [2.24, 2.45) is 0 Å². The first-order valence-electron chi connectivity index (χ1n) is 11.3. The summed E-state index contributed by atoms with van der Waals surface area (Å²) in [7, 11) is 0. The molecule has 0 aliphatic carbocycles. The van der Waals surface area contributed by atoms with Crippen LogP contribution in [0.4, 0.5) is 0 Å². The van der Waals surface area contributed by atoms with Gasteiger partial charge in [0, 0.05) is 27.7 Å². The molecule has 0 aliphatic rings. The maximum atomic E-state index is 9.08. The van der Waals surface area contributed by atoms with Gasteiger partial charge in [0.1, 0.15) is 25.3 Å². The lowest BCUT2D eigenvalue weighted by atomic mass is 10.2. The Balaban J connectivity index is 0.000000240. The molecule has 0 fully saturated rings. The molecule has 192 valence electrons. The van der Waals surface area contributed by atoms with Gasteiger partial charge in [-0.05, 0) is 80.4 Å². The van der Waals surface area contributed by atoms with Gasteiger partial charge in [-0.2, -0.15) is 0 Å². The van der Waals surface area contributed by atoms with Crippen LogP contribution in [0.15, 0.2) is 30.2 Å². The van der Waals surface area contributed by atoms with Crippen molar-refractivity contribution in [1.29, 1.82) is 0 Å². The zero-order valence-electron chi connectivity index (χ0n) is 22.8. The van der Waals surface area contributed by atoms with Crippen LogP contribution in [0.5, 0.6) is 5.75 Å². The Bertz CT molecular complexity index is 1000. The van der Waals surface area contributed by atoms with Crippen molar-refractivity contribution in [3.63, 3.8) is 0 Å². The van der Waals surface area contributed by atoms with E-state index in [2.05, 4.69) is 52.5 Å². The summed E-state index contributed by atoms with van der Waals surface area (Å²) in [4.78, 5) is 32.5. The number of aromatic hydroxyl groups is 1. The molecule has 1 N–H and O–H groups in total. The van der Waals surface area contributed by atoms with Crippen LogP contribution in [-0.2, 0) is 0 Å². The number of hydrogen-bond donors (Lipinski definition) is 2. The summed E-state index contributed by atoms with van der Waals surface area (Å²) in [5.41, 5.74) is 9.80. The van der Waals surface area contributed by atoms with Gasteiger partial charge < -0.3 is 5.11 Å². The highest BCUT2D eigenvalue weighted by Crippen LogP contribution is 2.14. The lowest BCUT2D eigenvalue weighted by molar-refractivity contribution is 0.459. The first kappa shape index (κ1) is 30.5. The molecule has 10 heteroatoms. The second-order valence-corrected chi connectivity index (χ2v) is 8.57. The van der Waals surface area contributed by atoms with E-state index in [0.717, 1.165) is 39.1 Å². The van der Waals surface area contributed by atoms with E-state index < -0.39 is 0 Å². The lowest BCUT2D eigenvalue weighted by Crippen LogP contribution is -1.92. The molecule has 0 amide bonds. The number of aryl methyl sites for hydroxylation is 8. The van der Waals surface area contributed by atoms with Crippen molar-refractivity contribution < 1.29 is 5.11 Å². The Kier molecular flexibility index (Phi) is 12.5. The Hall–Kier alpha value is -3.53. The van der Waals surface area contributed by atoms with Crippen molar-refractivity contribution >= 4 is 12.6 Å². The first-order chi connectivity index (χ1) is 16.9. The zero-order valence-corrected chi connectivity index (χ0v) is 23.7. The van der Waals surface area contributed by atoms with Gasteiger partial charge in [-0.3, -0.25) is 0 Å². The molecule has 0 spiro atoms.